The van der Waals surface area contributed by atoms with Crippen LogP contribution < -0.4 is 14.8 Å². The van der Waals surface area contributed by atoms with E-state index in [0.717, 1.165) is 47.3 Å². The van der Waals surface area contributed by atoms with Gasteiger partial charge in [0.25, 0.3) is 0 Å². The lowest BCUT2D eigenvalue weighted by Crippen LogP contribution is -2.41. The Morgan fingerprint density at radius 2 is 1.73 bits per heavy atom. The van der Waals surface area contributed by atoms with Crippen LogP contribution in [-0.2, 0) is 22.4 Å². The zero-order valence-electron chi connectivity index (χ0n) is 23.4. The van der Waals surface area contributed by atoms with E-state index in [0.29, 0.717) is 62.8 Å². The second-order valence-electron chi connectivity index (χ2n) is 11.5. The van der Waals surface area contributed by atoms with Gasteiger partial charge in [-0.3, -0.25) is 9.59 Å². The van der Waals surface area contributed by atoms with Crippen molar-refractivity contribution in [1.29, 1.82) is 0 Å². The van der Waals surface area contributed by atoms with Crippen LogP contribution in [0, 0.1) is 5.92 Å². The third kappa shape index (κ3) is 6.34. The molecule has 1 unspecified atom stereocenters. The van der Waals surface area contributed by atoms with Crippen molar-refractivity contribution in [3.63, 3.8) is 0 Å². The number of phenolic OH excluding ortho intramolecular Hbond substituents is 1. The van der Waals surface area contributed by atoms with E-state index in [4.69, 9.17) is 9.47 Å². The molecule has 0 saturated heterocycles. The number of nitrogens with one attached hydrogen (secondary N) is 1. The molecule has 214 valence electrons. The van der Waals surface area contributed by atoms with E-state index in [1.807, 2.05) is 30.3 Å². The molecule has 7 nitrogen and oxygen atoms in total. The summed E-state index contributed by atoms with van der Waals surface area (Å²) in [5.74, 6) is 2.51. The number of amides is 2. The zero-order valence-corrected chi connectivity index (χ0v) is 23.4. The lowest BCUT2D eigenvalue weighted by atomic mass is 9.87. The summed E-state index contributed by atoms with van der Waals surface area (Å²) in [4.78, 5) is 28.1. The standard InChI is InChI=1S/C34H38N2O5/c37-30-14-6-24-7-15-32(38)35-17-3-19-40-27-10-8-25(9-11-27)34-29-13-12-28(41-31(30)20-24)22-26(29)16-18-36(34)33(39)21-23-4-1-2-5-23/h6,8-14,20,22-23,34,37H,1-5,7,15-19,21H2,(H,35,38). The number of fused-ring (bicyclic) bond motifs is 1. The Balaban J connectivity index is 1.34. The minimum absolute atomic E-state index is 0.0208. The van der Waals surface area contributed by atoms with Gasteiger partial charge in [-0.2, -0.15) is 0 Å². The summed E-state index contributed by atoms with van der Waals surface area (Å²) in [6.45, 7) is 1.68. The summed E-state index contributed by atoms with van der Waals surface area (Å²) >= 11 is 0. The van der Waals surface area contributed by atoms with E-state index >= 15 is 0 Å². The molecule has 2 amide bonds. The Hall–Kier alpha value is -4.00. The first-order valence-electron chi connectivity index (χ1n) is 14.9. The van der Waals surface area contributed by atoms with Gasteiger partial charge in [0.2, 0.25) is 11.8 Å². The van der Waals surface area contributed by atoms with Gasteiger partial charge in [-0.15, -0.1) is 0 Å². The fourth-order valence-corrected chi connectivity index (χ4v) is 6.38. The van der Waals surface area contributed by atoms with E-state index in [-0.39, 0.29) is 23.6 Å². The van der Waals surface area contributed by atoms with E-state index in [2.05, 4.69) is 28.4 Å². The smallest absolute Gasteiger partial charge is 0.223 e. The molecule has 41 heavy (non-hydrogen) atoms. The monoisotopic (exact) mass is 554 g/mol. The molecular formula is C34H38N2O5. The number of benzene rings is 3. The third-order valence-corrected chi connectivity index (χ3v) is 8.60. The average molecular weight is 555 g/mol. The maximum Gasteiger partial charge on any atom is 0.223 e. The molecule has 1 aliphatic carbocycles. The molecule has 0 aromatic heterocycles. The number of phenols is 1. The average Bonchev–Trinajstić information content (AvgIpc) is 3.49. The summed E-state index contributed by atoms with van der Waals surface area (Å²) in [6, 6.07) is 19.1. The van der Waals surface area contributed by atoms with Crippen LogP contribution in [0.1, 0.15) is 73.2 Å². The van der Waals surface area contributed by atoms with Crippen molar-refractivity contribution in [2.45, 2.75) is 63.8 Å². The fraction of sp³-hybridized carbons (Fsp3) is 0.412. The summed E-state index contributed by atoms with van der Waals surface area (Å²) in [5.41, 5.74) is 4.20. The molecule has 3 aromatic carbocycles. The molecule has 7 heteroatoms. The van der Waals surface area contributed by atoms with Gasteiger partial charge in [0.1, 0.15) is 11.5 Å². The summed E-state index contributed by atoms with van der Waals surface area (Å²) in [6.07, 6.45) is 7.67. The summed E-state index contributed by atoms with van der Waals surface area (Å²) in [7, 11) is 0. The van der Waals surface area contributed by atoms with Crippen molar-refractivity contribution in [1.82, 2.24) is 10.2 Å². The lowest BCUT2D eigenvalue weighted by Gasteiger charge is -2.38. The van der Waals surface area contributed by atoms with E-state index in [1.54, 1.807) is 12.1 Å². The minimum atomic E-state index is -0.184. The number of carbonyl (C=O) groups excluding carboxylic acids is 2. The molecule has 8 bridgehead atoms. The molecule has 2 N–H and O–H groups in total. The van der Waals surface area contributed by atoms with Crippen molar-refractivity contribution in [3.05, 3.63) is 82.9 Å². The molecule has 8 rings (SSSR count). The predicted molar refractivity (Wildman–Crippen MR) is 156 cm³/mol. The third-order valence-electron chi connectivity index (χ3n) is 8.60. The van der Waals surface area contributed by atoms with Crippen LogP contribution >= 0.6 is 0 Å². The number of ether oxygens (including phenoxy) is 2. The molecular weight excluding hydrogens is 516 g/mol. The molecule has 3 aromatic rings. The first-order valence-corrected chi connectivity index (χ1v) is 14.9. The molecule has 1 atom stereocenters. The fourth-order valence-electron chi connectivity index (χ4n) is 6.38. The maximum absolute atomic E-state index is 13.7. The Kier molecular flexibility index (Phi) is 8.12. The molecule has 0 radical (unpaired) electrons. The van der Waals surface area contributed by atoms with Gasteiger partial charge >= 0.3 is 0 Å². The van der Waals surface area contributed by atoms with E-state index in [1.165, 1.54) is 12.8 Å². The first kappa shape index (κ1) is 27.2. The number of aromatic hydroxyl groups is 1. The number of rotatable bonds is 2. The molecule has 4 aliphatic heterocycles. The normalized spacial score (nSPS) is 19.7. The van der Waals surface area contributed by atoms with Crippen LogP contribution in [0.3, 0.4) is 0 Å². The molecule has 5 aliphatic rings. The van der Waals surface area contributed by atoms with Crippen molar-refractivity contribution in [2.24, 2.45) is 5.92 Å². The van der Waals surface area contributed by atoms with Crippen LogP contribution in [0.2, 0.25) is 0 Å². The highest BCUT2D eigenvalue weighted by Gasteiger charge is 2.33. The Bertz CT molecular complexity index is 1400. The largest absolute Gasteiger partial charge is 0.504 e. The minimum Gasteiger partial charge on any atom is -0.504 e. The van der Waals surface area contributed by atoms with Crippen molar-refractivity contribution in [3.8, 4) is 23.0 Å². The first-order chi connectivity index (χ1) is 20.0. The number of nitrogens with zero attached hydrogens (tertiary/aromatic N) is 1. The van der Waals surface area contributed by atoms with Crippen molar-refractivity contribution >= 4 is 11.8 Å². The topological polar surface area (TPSA) is 88.1 Å². The second-order valence-corrected chi connectivity index (χ2v) is 11.5. The number of aryl methyl sites for hydroxylation is 1. The van der Waals surface area contributed by atoms with Gasteiger partial charge in [-0.05, 0) is 96.7 Å². The highest BCUT2D eigenvalue weighted by Crippen LogP contribution is 2.40. The van der Waals surface area contributed by atoms with Crippen LogP contribution in [0.15, 0.2) is 60.7 Å². The van der Waals surface area contributed by atoms with Gasteiger partial charge in [0.05, 0.1) is 12.6 Å². The number of carbonyl (C=O) groups is 2. The van der Waals surface area contributed by atoms with Gasteiger partial charge < -0.3 is 24.8 Å². The van der Waals surface area contributed by atoms with E-state index < -0.39 is 0 Å². The number of hydrogen-bond donors (Lipinski definition) is 2. The zero-order chi connectivity index (χ0) is 28.2. The second kappa shape index (κ2) is 12.2. The SMILES string of the molecule is O=C1CCc2ccc(O)c(c2)Oc2ccc3c(c2)CCN(C(=O)CC2CCCC2)C3c2ccc(cc2)OCCCN1. The van der Waals surface area contributed by atoms with Gasteiger partial charge in [0.15, 0.2) is 11.5 Å². The number of hydrogen-bond acceptors (Lipinski definition) is 5. The van der Waals surface area contributed by atoms with Gasteiger partial charge in [-0.1, -0.05) is 37.1 Å². The van der Waals surface area contributed by atoms with Crippen LogP contribution in [0.4, 0.5) is 0 Å². The molecule has 1 fully saturated rings. The van der Waals surface area contributed by atoms with Gasteiger partial charge in [-0.25, -0.2) is 0 Å². The van der Waals surface area contributed by atoms with E-state index in [9.17, 15) is 14.7 Å². The molecule has 4 heterocycles. The quantitative estimate of drug-likeness (QED) is 0.402. The van der Waals surface area contributed by atoms with Crippen LogP contribution in [0.5, 0.6) is 23.0 Å². The van der Waals surface area contributed by atoms with Crippen molar-refractivity contribution < 1.29 is 24.2 Å². The molecule has 1 saturated carbocycles. The summed E-state index contributed by atoms with van der Waals surface area (Å²) in [5, 5.41) is 13.5. The Morgan fingerprint density at radius 1 is 0.927 bits per heavy atom. The Labute approximate surface area is 241 Å². The van der Waals surface area contributed by atoms with Gasteiger partial charge in [0, 0.05) is 25.9 Å². The lowest BCUT2D eigenvalue weighted by molar-refractivity contribution is -0.134. The van der Waals surface area contributed by atoms with Crippen LogP contribution in [0.25, 0.3) is 0 Å². The van der Waals surface area contributed by atoms with Crippen molar-refractivity contribution in [2.75, 3.05) is 19.7 Å². The highest BCUT2D eigenvalue weighted by molar-refractivity contribution is 5.78. The van der Waals surface area contributed by atoms with Crippen LogP contribution in [-0.4, -0.2) is 41.5 Å². The molecule has 0 spiro atoms. The maximum atomic E-state index is 13.7. The summed E-state index contributed by atoms with van der Waals surface area (Å²) < 4.78 is 12.1. The Morgan fingerprint density at radius 3 is 2.56 bits per heavy atom. The highest BCUT2D eigenvalue weighted by atomic mass is 16.5. The predicted octanol–water partition coefficient (Wildman–Crippen LogP) is 6.07.